The van der Waals surface area contributed by atoms with Crippen LogP contribution in [0.4, 0.5) is 11.6 Å². The van der Waals surface area contributed by atoms with E-state index in [9.17, 15) is 0 Å². The molecule has 1 aliphatic rings. The van der Waals surface area contributed by atoms with Gasteiger partial charge in [-0.2, -0.15) is 0 Å². The lowest BCUT2D eigenvalue weighted by Crippen LogP contribution is -2.16. The van der Waals surface area contributed by atoms with Gasteiger partial charge in [-0.15, -0.1) is 0 Å². The van der Waals surface area contributed by atoms with Crippen molar-refractivity contribution in [2.75, 3.05) is 11.1 Å². The van der Waals surface area contributed by atoms with Gasteiger partial charge in [-0.05, 0) is 12.8 Å². The molecule has 0 amide bonds. The van der Waals surface area contributed by atoms with Gasteiger partial charge < -0.3 is 11.1 Å². The van der Waals surface area contributed by atoms with E-state index in [0.717, 1.165) is 18.7 Å². The summed E-state index contributed by atoms with van der Waals surface area (Å²) in [6.07, 6.45) is 9.68. The van der Waals surface area contributed by atoms with E-state index in [1.54, 1.807) is 12.4 Å². The van der Waals surface area contributed by atoms with E-state index < -0.39 is 0 Å². The van der Waals surface area contributed by atoms with Crippen molar-refractivity contribution >= 4 is 11.6 Å². The van der Waals surface area contributed by atoms with Gasteiger partial charge in [0.1, 0.15) is 11.6 Å². The maximum Gasteiger partial charge on any atom is 0.144 e. The molecule has 0 unspecified atom stereocenters. The molecule has 1 heterocycles. The minimum absolute atomic E-state index is 0.454. The maximum absolute atomic E-state index is 5.42. The van der Waals surface area contributed by atoms with Crippen LogP contribution in [-0.2, 0) is 0 Å². The Kier molecular flexibility index (Phi) is 2.12. The lowest BCUT2D eigenvalue weighted by Gasteiger charge is -2.11. The van der Waals surface area contributed by atoms with Crippen LogP contribution >= 0.6 is 0 Å². The third-order valence-corrected chi connectivity index (χ3v) is 2.03. The van der Waals surface area contributed by atoms with E-state index in [2.05, 4.69) is 27.4 Å². The van der Waals surface area contributed by atoms with Gasteiger partial charge in [0.05, 0.1) is 12.4 Å². The van der Waals surface area contributed by atoms with E-state index >= 15 is 0 Å². The number of nitrogens with two attached hydrogens (primary N) is 1. The second-order valence-corrected chi connectivity index (χ2v) is 3.11. The fourth-order valence-corrected chi connectivity index (χ4v) is 1.36. The Morgan fingerprint density at radius 2 is 2.00 bits per heavy atom. The first-order valence-electron chi connectivity index (χ1n) is 4.33. The summed E-state index contributed by atoms with van der Waals surface area (Å²) in [6, 6.07) is 0.470. The van der Waals surface area contributed by atoms with E-state index in [1.165, 1.54) is 0 Å². The molecule has 0 radical (unpaired) electrons. The quantitative estimate of drug-likeness (QED) is 0.664. The molecular weight excluding hydrogens is 164 g/mol. The predicted molar refractivity (Wildman–Crippen MR) is 52.2 cm³/mol. The number of rotatable bonds is 2. The monoisotopic (exact) mass is 176 g/mol. The number of aromatic nitrogens is 2. The molecule has 1 aliphatic carbocycles. The number of nitrogen functional groups attached to an aromatic ring is 1. The van der Waals surface area contributed by atoms with Gasteiger partial charge in [0.2, 0.25) is 0 Å². The van der Waals surface area contributed by atoms with Crippen molar-refractivity contribution in [3.05, 3.63) is 24.5 Å². The Morgan fingerprint density at radius 1 is 1.23 bits per heavy atom. The van der Waals surface area contributed by atoms with Crippen LogP contribution in [-0.4, -0.2) is 16.0 Å². The van der Waals surface area contributed by atoms with Crippen molar-refractivity contribution in [1.82, 2.24) is 9.97 Å². The summed E-state index contributed by atoms with van der Waals surface area (Å²) in [7, 11) is 0. The number of anilines is 2. The van der Waals surface area contributed by atoms with Gasteiger partial charge in [0, 0.05) is 6.04 Å². The molecule has 0 fully saturated rings. The average molecular weight is 176 g/mol. The van der Waals surface area contributed by atoms with Gasteiger partial charge in [0.15, 0.2) is 0 Å². The summed E-state index contributed by atoms with van der Waals surface area (Å²) in [5.41, 5.74) is 5.42. The van der Waals surface area contributed by atoms with Crippen LogP contribution in [0.25, 0.3) is 0 Å². The van der Waals surface area contributed by atoms with Gasteiger partial charge in [-0.3, -0.25) is 0 Å². The first kappa shape index (κ1) is 8.04. The van der Waals surface area contributed by atoms with Gasteiger partial charge in [0.25, 0.3) is 0 Å². The van der Waals surface area contributed by atoms with Gasteiger partial charge in [-0.1, -0.05) is 12.2 Å². The molecule has 0 saturated carbocycles. The van der Waals surface area contributed by atoms with Crippen LogP contribution in [0.3, 0.4) is 0 Å². The van der Waals surface area contributed by atoms with Crippen molar-refractivity contribution in [3.8, 4) is 0 Å². The Hall–Kier alpha value is -1.58. The lowest BCUT2D eigenvalue weighted by atomic mass is 10.2. The fraction of sp³-hybridized carbons (Fsp3) is 0.333. The first-order valence-corrected chi connectivity index (χ1v) is 4.33. The highest BCUT2D eigenvalue weighted by molar-refractivity contribution is 5.37. The largest absolute Gasteiger partial charge is 0.382 e. The molecular formula is C9H12N4. The molecule has 0 aromatic carbocycles. The van der Waals surface area contributed by atoms with Crippen LogP contribution in [0, 0.1) is 0 Å². The normalized spacial score (nSPS) is 16.3. The molecule has 0 atom stereocenters. The maximum atomic E-state index is 5.42. The first-order chi connectivity index (χ1) is 6.34. The standard InChI is InChI=1S/C9H12N4/c10-8-5-12-9(6-11-8)13-7-3-1-2-4-7/h1-2,5-7H,3-4H2,(H2,10,11)(H,12,13). The minimum Gasteiger partial charge on any atom is -0.382 e. The molecule has 1 aromatic heterocycles. The molecule has 0 aliphatic heterocycles. The van der Waals surface area contributed by atoms with Crippen LogP contribution < -0.4 is 11.1 Å². The zero-order chi connectivity index (χ0) is 9.10. The summed E-state index contributed by atoms with van der Waals surface area (Å²) < 4.78 is 0. The molecule has 0 spiro atoms. The average Bonchev–Trinajstić information content (AvgIpc) is 2.62. The number of nitrogens with one attached hydrogen (secondary N) is 1. The third kappa shape index (κ3) is 1.96. The third-order valence-electron chi connectivity index (χ3n) is 2.03. The van der Waals surface area contributed by atoms with Crippen LogP contribution in [0.2, 0.25) is 0 Å². The van der Waals surface area contributed by atoms with Crippen molar-refractivity contribution in [2.24, 2.45) is 0 Å². The van der Waals surface area contributed by atoms with Crippen LogP contribution in [0.1, 0.15) is 12.8 Å². The van der Waals surface area contributed by atoms with Crippen molar-refractivity contribution < 1.29 is 0 Å². The molecule has 1 aromatic rings. The Morgan fingerprint density at radius 3 is 2.62 bits per heavy atom. The summed E-state index contributed by atoms with van der Waals surface area (Å²) in [4.78, 5) is 8.07. The van der Waals surface area contributed by atoms with Gasteiger partial charge in [-0.25, -0.2) is 9.97 Å². The van der Waals surface area contributed by atoms with Gasteiger partial charge >= 0.3 is 0 Å². The highest BCUT2D eigenvalue weighted by Gasteiger charge is 2.09. The number of hydrogen-bond acceptors (Lipinski definition) is 4. The second kappa shape index (κ2) is 3.43. The van der Waals surface area contributed by atoms with E-state index in [-0.39, 0.29) is 0 Å². The highest BCUT2D eigenvalue weighted by Crippen LogP contribution is 2.14. The summed E-state index contributed by atoms with van der Waals surface area (Å²) >= 11 is 0. The SMILES string of the molecule is Nc1cnc(NC2CC=CC2)cn1. The smallest absolute Gasteiger partial charge is 0.144 e. The van der Waals surface area contributed by atoms with E-state index in [4.69, 9.17) is 5.73 Å². The van der Waals surface area contributed by atoms with Crippen molar-refractivity contribution in [1.29, 1.82) is 0 Å². The molecule has 2 rings (SSSR count). The second-order valence-electron chi connectivity index (χ2n) is 3.11. The van der Waals surface area contributed by atoms with Crippen molar-refractivity contribution in [3.63, 3.8) is 0 Å². The van der Waals surface area contributed by atoms with Crippen LogP contribution in [0.5, 0.6) is 0 Å². The number of nitrogens with zero attached hydrogens (tertiary/aromatic N) is 2. The molecule has 4 heteroatoms. The molecule has 68 valence electrons. The molecule has 13 heavy (non-hydrogen) atoms. The molecule has 0 saturated heterocycles. The van der Waals surface area contributed by atoms with E-state index in [1.807, 2.05) is 0 Å². The number of hydrogen-bond donors (Lipinski definition) is 2. The van der Waals surface area contributed by atoms with Crippen LogP contribution in [0.15, 0.2) is 24.5 Å². The Labute approximate surface area is 76.9 Å². The zero-order valence-corrected chi connectivity index (χ0v) is 7.27. The zero-order valence-electron chi connectivity index (χ0n) is 7.27. The summed E-state index contributed by atoms with van der Waals surface area (Å²) in [6.45, 7) is 0. The predicted octanol–water partition coefficient (Wildman–Crippen LogP) is 1.19. The minimum atomic E-state index is 0.454. The Bertz CT molecular complexity index is 296. The summed E-state index contributed by atoms with van der Waals surface area (Å²) in [5, 5.41) is 3.28. The molecule has 3 N–H and O–H groups in total. The topological polar surface area (TPSA) is 63.8 Å². The fourth-order valence-electron chi connectivity index (χ4n) is 1.36. The highest BCUT2D eigenvalue weighted by atomic mass is 15.0. The lowest BCUT2D eigenvalue weighted by molar-refractivity contribution is 0.779. The Balaban J connectivity index is 1.97. The molecule has 0 bridgehead atoms. The van der Waals surface area contributed by atoms with Crippen molar-refractivity contribution in [2.45, 2.75) is 18.9 Å². The molecule has 4 nitrogen and oxygen atoms in total. The van der Waals surface area contributed by atoms with E-state index in [0.29, 0.717) is 11.9 Å². The summed E-state index contributed by atoms with van der Waals surface area (Å²) in [5.74, 6) is 1.25.